The first-order valence-corrected chi connectivity index (χ1v) is 6.60. The van der Waals surface area contributed by atoms with E-state index in [2.05, 4.69) is 12.1 Å². The van der Waals surface area contributed by atoms with E-state index >= 15 is 0 Å². The van der Waals surface area contributed by atoms with Gasteiger partial charge < -0.3 is 4.79 Å². The van der Waals surface area contributed by atoms with Crippen molar-refractivity contribution in [1.29, 1.82) is 0 Å². The van der Waals surface area contributed by atoms with E-state index in [-0.39, 0.29) is 4.75 Å². The van der Waals surface area contributed by atoms with Crippen molar-refractivity contribution in [3.05, 3.63) is 30.3 Å². The van der Waals surface area contributed by atoms with Crippen LogP contribution in [0.1, 0.15) is 6.42 Å². The summed E-state index contributed by atoms with van der Waals surface area (Å²) in [7, 11) is 0. The predicted octanol–water partition coefficient (Wildman–Crippen LogP) is 2.85. The Kier molecular flexibility index (Phi) is 3.19. The molecule has 1 aliphatic heterocycles. The number of carbonyl (C=O) groups is 1. The number of aldehydes is 1. The van der Waals surface area contributed by atoms with Crippen molar-refractivity contribution in [3.63, 3.8) is 0 Å². The highest BCUT2D eigenvalue weighted by Crippen LogP contribution is 2.41. The van der Waals surface area contributed by atoms with Crippen LogP contribution in [0.15, 0.2) is 35.2 Å². The highest BCUT2D eigenvalue weighted by Gasteiger charge is 2.35. The molecule has 0 saturated carbocycles. The Labute approximate surface area is 92.7 Å². The van der Waals surface area contributed by atoms with E-state index in [9.17, 15) is 4.79 Å². The number of thioether (sulfide) groups is 2. The second-order valence-electron chi connectivity index (χ2n) is 3.40. The second-order valence-corrected chi connectivity index (χ2v) is 5.99. The lowest BCUT2D eigenvalue weighted by Gasteiger charge is -2.19. The predicted molar refractivity (Wildman–Crippen MR) is 63.0 cm³/mol. The summed E-state index contributed by atoms with van der Waals surface area (Å²) in [5, 5.41) is 0. The zero-order valence-electron chi connectivity index (χ0n) is 7.81. The SMILES string of the molecule is O=CC1(Sc2ccccc2)CCSC1. The van der Waals surface area contributed by atoms with Crippen LogP contribution in [0, 0.1) is 0 Å². The average Bonchev–Trinajstić information content (AvgIpc) is 2.69. The third-order valence-electron chi connectivity index (χ3n) is 2.30. The van der Waals surface area contributed by atoms with Gasteiger partial charge in [0.25, 0.3) is 0 Å². The number of carbonyl (C=O) groups excluding carboxylic acids is 1. The van der Waals surface area contributed by atoms with Gasteiger partial charge >= 0.3 is 0 Å². The van der Waals surface area contributed by atoms with Crippen molar-refractivity contribution < 1.29 is 4.79 Å². The van der Waals surface area contributed by atoms with Gasteiger partial charge in [-0.2, -0.15) is 11.8 Å². The van der Waals surface area contributed by atoms with Crippen LogP contribution in [-0.4, -0.2) is 22.5 Å². The summed E-state index contributed by atoms with van der Waals surface area (Å²) in [6.07, 6.45) is 2.13. The average molecular weight is 224 g/mol. The summed E-state index contributed by atoms with van der Waals surface area (Å²) >= 11 is 3.58. The number of benzene rings is 1. The molecule has 0 amide bonds. The van der Waals surface area contributed by atoms with E-state index in [0.717, 1.165) is 24.2 Å². The van der Waals surface area contributed by atoms with Crippen LogP contribution in [0.25, 0.3) is 0 Å². The number of rotatable bonds is 3. The lowest BCUT2D eigenvalue weighted by atomic mass is 10.1. The van der Waals surface area contributed by atoms with Crippen molar-refractivity contribution in [2.75, 3.05) is 11.5 Å². The summed E-state index contributed by atoms with van der Waals surface area (Å²) in [5.74, 6) is 2.06. The topological polar surface area (TPSA) is 17.1 Å². The Bertz CT molecular complexity index is 304. The van der Waals surface area contributed by atoms with Crippen molar-refractivity contribution in [2.45, 2.75) is 16.1 Å². The second kappa shape index (κ2) is 4.41. The molecule has 2 rings (SSSR count). The molecule has 1 fully saturated rings. The zero-order valence-corrected chi connectivity index (χ0v) is 9.44. The van der Waals surface area contributed by atoms with Gasteiger partial charge in [-0.1, -0.05) is 18.2 Å². The van der Waals surface area contributed by atoms with Crippen LogP contribution < -0.4 is 0 Å². The van der Waals surface area contributed by atoms with Crippen molar-refractivity contribution >= 4 is 29.8 Å². The van der Waals surface area contributed by atoms with Gasteiger partial charge in [0.2, 0.25) is 0 Å². The van der Waals surface area contributed by atoms with Gasteiger partial charge in [-0.3, -0.25) is 0 Å². The molecule has 74 valence electrons. The molecule has 1 aliphatic rings. The normalized spacial score (nSPS) is 26.3. The molecule has 14 heavy (non-hydrogen) atoms. The van der Waals surface area contributed by atoms with E-state index < -0.39 is 0 Å². The van der Waals surface area contributed by atoms with E-state index in [1.54, 1.807) is 11.8 Å². The molecule has 1 aromatic rings. The Hall–Kier alpha value is -0.410. The van der Waals surface area contributed by atoms with E-state index in [0.29, 0.717) is 0 Å². The fourth-order valence-corrected chi connectivity index (χ4v) is 4.32. The van der Waals surface area contributed by atoms with E-state index in [1.165, 1.54) is 4.90 Å². The molecule has 1 aromatic carbocycles. The Morgan fingerprint density at radius 2 is 2.14 bits per heavy atom. The first kappa shape index (κ1) is 10.1. The van der Waals surface area contributed by atoms with Gasteiger partial charge in [0.15, 0.2) is 0 Å². The van der Waals surface area contributed by atoms with Crippen LogP contribution in [0.5, 0.6) is 0 Å². The molecule has 1 heterocycles. The minimum atomic E-state index is -0.161. The molecule has 3 heteroatoms. The summed E-state index contributed by atoms with van der Waals surface area (Å²) < 4.78 is -0.161. The minimum absolute atomic E-state index is 0.161. The van der Waals surface area contributed by atoms with Crippen LogP contribution in [0.4, 0.5) is 0 Å². The standard InChI is InChI=1S/C11H12OS2/c12-8-11(6-7-13-9-11)14-10-4-2-1-3-5-10/h1-5,8H,6-7,9H2. The highest BCUT2D eigenvalue weighted by molar-refractivity contribution is 8.05. The first-order chi connectivity index (χ1) is 6.85. The lowest BCUT2D eigenvalue weighted by Crippen LogP contribution is -2.25. The molecular formula is C11H12OS2. The molecule has 0 bridgehead atoms. The molecule has 1 atom stereocenters. The monoisotopic (exact) mass is 224 g/mol. The summed E-state index contributed by atoms with van der Waals surface area (Å²) in [4.78, 5) is 12.3. The molecule has 0 N–H and O–H groups in total. The van der Waals surface area contributed by atoms with Gasteiger partial charge in [-0.15, -0.1) is 11.8 Å². The summed E-state index contributed by atoms with van der Waals surface area (Å²) in [6.45, 7) is 0. The molecule has 0 spiro atoms. The maximum absolute atomic E-state index is 11.1. The lowest BCUT2D eigenvalue weighted by molar-refractivity contribution is -0.109. The molecular weight excluding hydrogens is 212 g/mol. The van der Waals surface area contributed by atoms with Crippen molar-refractivity contribution in [3.8, 4) is 0 Å². The van der Waals surface area contributed by atoms with Crippen LogP contribution >= 0.6 is 23.5 Å². The first-order valence-electron chi connectivity index (χ1n) is 4.63. The van der Waals surface area contributed by atoms with Gasteiger partial charge in [0, 0.05) is 10.6 Å². The largest absolute Gasteiger partial charge is 0.302 e. The van der Waals surface area contributed by atoms with Crippen LogP contribution in [-0.2, 0) is 4.79 Å². The zero-order chi connectivity index (χ0) is 9.86. The number of hydrogen-bond donors (Lipinski definition) is 0. The Morgan fingerprint density at radius 3 is 2.71 bits per heavy atom. The third-order valence-corrected chi connectivity index (χ3v) is 5.05. The van der Waals surface area contributed by atoms with Gasteiger partial charge in [-0.25, -0.2) is 0 Å². The third kappa shape index (κ3) is 2.15. The molecule has 0 aromatic heterocycles. The number of hydrogen-bond acceptors (Lipinski definition) is 3. The Balaban J connectivity index is 2.12. The Morgan fingerprint density at radius 1 is 1.36 bits per heavy atom. The van der Waals surface area contributed by atoms with E-state index in [4.69, 9.17) is 0 Å². The molecule has 1 saturated heterocycles. The van der Waals surface area contributed by atoms with Crippen molar-refractivity contribution in [1.82, 2.24) is 0 Å². The van der Waals surface area contributed by atoms with E-state index in [1.807, 2.05) is 30.0 Å². The maximum Gasteiger partial charge on any atom is 0.137 e. The minimum Gasteiger partial charge on any atom is -0.302 e. The highest BCUT2D eigenvalue weighted by atomic mass is 32.2. The summed E-state index contributed by atoms with van der Waals surface area (Å²) in [5.41, 5.74) is 0. The van der Waals surface area contributed by atoms with Gasteiger partial charge in [0.1, 0.15) is 6.29 Å². The molecule has 0 radical (unpaired) electrons. The summed E-state index contributed by atoms with van der Waals surface area (Å²) in [6, 6.07) is 10.2. The maximum atomic E-state index is 11.1. The molecule has 1 nitrogen and oxygen atoms in total. The molecule has 0 aliphatic carbocycles. The van der Waals surface area contributed by atoms with Crippen LogP contribution in [0.3, 0.4) is 0 Å². The van der Waals surface area contributed by atoms with Gasteiger partial charge in [0.05, 0.1) is 4.75 Å². The fourth-order valence-electron chi connectivity index (χ4n) is 1.48. The van der Waals surface area contributed by atoms with Crippen LogP contribution in [0.2, 0.25) is 0 Å². The van der Waals surface area contributed by atoms with Gasteiger partial charge in [-0.05, 0) is 24.3 Å². The fraction of sp³-hybridized carbons (Fsp3) is 0.364. The molecule has 1 unspecified atom stereocenters. The van der Waals surface area contributed by atoms with Crippen molar-refractivity contribution in [2.24, 2.45) is 0 Å². The quantitative estimate of drug-likeness (QED) is 0.735. The smallest absolute Gasteiger partial charge is 0.137 e.